The summed E-state index contributed by atoms with van der Waals surface area (Å²) in [6.07, 6.45) is 1.63. The number of hydrogen-bond donors (Lipinski definition) is 1. The lowest BCUT2D eigenvalue weighted by molar-refractivity contribution is -0.134. The highest BCUT2D eigenvalue weighted by atomic mass is 32.2. The summed E-state index contributed by atoms with van der Waals surface area (Å²) in [6.45, 7) is 2.98. The molecule has 1 unspecified atom stereocenters. The number of hydrogen-bond acceptors (Lipinski definition) is 4. The van der Waals surface area contributed by atoms with E-state index in [1.165, 1.54) is 11.8 Å². The van der Waals surface area contributed by atoms with Crippen molar-refractivity contribution < 1.29 is 14.6 Å². The molecule has 2 rings (SSSR count). The van der Waals surface area contributed by atoms with Crippen molar-refractivity contribution in [3.8, 4) is 5.75 Å². The Morgan fingerprint density at radius 1 is 1.45 bits per heavy atom. The molecule has 1 atom stereocenters. The van der Waals surface area contributed by atoms with E-state index in [1.54, 1.807) is 18.9 Å². The zero-order chi connectivity index (χ0) is 14.6. The van der Waals surface area contributed by atoms with E-state index < -0.39 is 5.60 Å². The molecule has 0 spiro atoms. The van der Waals surface area contributed by atoms with Crippen LogP contribution in [0.15, 0.2) is 29.2 Å². The van der Waals surface area contributed by atoms with Gasteiger partial charge in [-0.2, -0.15) is 0 Å². The van der Waals surface area contributed by atoms with E-state index in [0.29, 0.717) is 12.3 Å². The molecule has 0 radical (unpaired) electrons. The normalized spacial score (nSPS) is 22.6. The van der Waals surface area contributed by atoms with E-state index >= 15 is 0 Å². The molecule has 0 aliphatic carbocycles. The Balaban J connectivity index is 1.85. The number of rotatable bonds is 4. The SMILES string of the molecule is COc1ccc(SCC(=O)N2CCCC(C)(O)C2)cc1. The van der Waals surface area contributed by atoms with Gasteiger partial charge in [0.15, 0.2) is 0 Å². The zero-order valence-corrected chi connectivity index (χ0v) is 12.8. The number of β-amino-alcohol motifs (C(OH)–C–C–N with tert-alkyl or cyclic N) is 1. The second kappa shape index (κ2) is 6.50. The molecule has 1 saturated heterocycles. The van der Waals surface area contributed by atoms with Gasteiger partial charge in [0.05, 0.1) is 18.5 Å². The first-order valence-corrected chi connectivity index (χ1v) is 7.76. The summed E-state index contributed by atoms with van der Waals surface area (Å²) in [5.41, 5.74) is -0.737. The minimum Gasteiger partial charge on any atom is -0.497 e. The molecule has 1 aromatic carbocycles. The minimum atomic E-state index is -0.737. The van der Waals surface area contributed by atoms with Crippen molar-refractivity contribution in [2.75, 3.05) is 26.0 Å². The number of carbonyl (C=O) groups excluding carboxylic acids is 1. The smallest absolute Gasteiger partial charge is 0.233 e. The standard InChI is InChI=1S/C15H21NO3S/c1-15(18)8-3-9-16(11-15)14(17)10-20-13-6-4-12(19-2)5-7-13/h4-7,18H,3,8-11H2,1-2H3. The fourth-order valence-electron chi connectivity index (χ4n) is 2.34. The third-order valence-electron chi connectivity index (χ3n) is 3.45. The first-order chi connectivity index (χ1) is 9.50. The van der Waals surface area contributed by atoms with Gasteiger partial charge < -0.3 is 14.7 Å². The van der Waals surface area contributed by atoms with Crippen LogP contribution in [0.3, 0.4) is 0 Å². The molecule has 1 heterocycles. The van der Waals surface area contributed by atoms with Gasteiger partial charge in [0.25, 0.3) is 0 Å². The summed E-state index contributed by atoms with van der Waals surface area (Å²) in [5.74, 6) is 1.31. The average Bonchev–Trinajstić information content (AvgIpc) is 2.44. The van der Waals surface area contributed by atoms with Crippen LogP contribution in [0.25, 0.3) is 0 Å². The molecule has 1 aliphatic rings. The van der Waals surface area contributed by atoms with Gasteiger partial charge in [-0.15, -0.1) is 11.8 Å². The Morgan fingerprint density at radius 3 is 2.75 bits per heavy atom. The molecule has 1 fully saturated rings. The van der Waals surface area contributed by atoms with Crippen LogP contribution in [0.4, 0.5) is 0 Å². The van der Waals surface area contributed by atoms with Crippen molar-refractivity contribution in [1.29, 1.82) is 0 Å². The van der Waals surface area contributed by atoms with E-state index in [9.17, 15) is 9.90 Å². The topological polar surface area (TPSA) is 49.8 Å². The van der Waals surface area contributed by atoms with E-state index in [2.05, 4.69) is 0 Å². The van der Waals surface area contributed by atoms with Crippen molar-refractivity contribution in [2.45, 2.75) is 30.3 Å². The maximum Gasteiger partial charge on any atom is 0.233 e. The molecule has 5 heteroatoms. The monoisotopic (exact) mass is 295 g/mol. The van der Waals surface area contributed by atoms with Crippen LogP contribution in [0, 0.1) is 0 Å². The zero-order valence-electron chi connectivity index (χ0n) is 12.0. The van der Waals surface area contributed by atoms with Gasteiger partial charge in [0.2, 0.25) is 5.91 Å². The maximum absolute atomic E-state index is 12.2. The number of methoxy groups -OCH3 is 1. The summed E-state index contributed by atoms with van der Waals surface area (Å²) in [7, 11) is 1.63. The number of amides is 1. The minimum absolute atomic E-state index is 0.0887. The molecule has 0 saturated carbocycles. The molecule has 4 nitrogen and oxygen atoms in total. The second-order valence-electron chi connectivity index (χ2n) is 5.38. The predicted octanol–water partition coefficient (Wildman–Crippen LogP) is 2.16. The van der Waals surface area contributed by atoms with E-state index in [4.69, 9.17) is 4.74 Å². The summed E-state index contributed by atoms with van der Waals surface area (Å²) in [4.78, 5) is 15.0. The van der Waals surface area contributed by atoms with Crippen molar-refractivity contribution in [2.24, 2.45) is 0 Å². The van der Waals surface area contributed by atoms with Crippen LogP contribution in [-0.4, -0.2) is 47.5 Å². The van der Waals surface area contributed by atoms with Crippen LogP contribution in [0.5, 0.6) is 5.75 Å². The van der Waals surface area contributed by atoms with E-state index in [1.807, 2.05) is 24.3 Å². The third-order valence-corrected chi connectivity index (χ3v) is 4.45. The number of thioether (sulfide) groups is 1. The predicted molar refractivity (Wildman–Crippen MR) is 80.2 cm³/mol. The van der Waals surface area contributed by atoms with Gasteiger partial charge in [-0.25, -0.2) is 0 Å². The molecule has 110 valence electrons. The Bertz CT molecular complexity index is 459. The number of aliphatic hydroxyl groups is 1. The van der Waals surface area contributed by atoms with E-state index in [0.717, 1.165) is 30.0 Å². The Labute approximate surface area is 124 Å². The first-order valence-electron chi connectivity index (χ1n) is 6.77. The number of carbonyl (C=O) groups is 1. The molecular weight excluding hydrogens is 274 g/mol. The molecule has 0 bridgehead atoms. The third kappa shape index (κ3) is 4.15. The molecule has 0 aromatic heterocycles. The van der Waals surface area contributed by atoms with Crippen LogP contribution in [0.1, 0.15) is 19.8 Å². The number of benzene rings is 1. The van der Waals surface area contributed by atoms with Crippen LogP contribution in [-0.2, 0) is 4.79 Å². The van der Waals surface area contributed by atoms with Gasteiger partial charge in [-0.1, -0.05) is 0 Å². The van der Waals surface area contributed by atoms with Crippen molar-refractivity contribution >= 4 is 17.7 Å². The van der Waals surface area contributed by atoms with Crippen molar-refractivity contribution in [3.63, 3.8) is 0 Å². The second-order valence-corrected chi connectivity index (χ2v) is 6.43. The fourth-order valence-corrected chi connectivity index (χ4v) is 3.14. The molecule has 1 N–H and O–H groups in total. The summed E-state index contributed by atoms with van der Waals surface area (Å²) in [5, 5.41) is 10.0. The molecule has 1 aromatic rings. The van der Waals surface area contributed by atoms with Gasteiger partial charge in [0.1, 0.15) is 5.75 Å². The average molecular weight is 295 g/mol. The Kier molecular flexibility index (Phi) is 4.94. The lowest BCUT2D eigenvalue weighted by atomic mass is 9.95. The first kappa shape index (κ1) is 15.2. The van der Waals surface area contributed by atoms with Crippen molar-refractivity contribution in [1.82, 2.24) is 4.90 Å². The molecular formula is C15H21NO3S. The van der Waals surface area contributed by atoms with Gasteiger partial charge >= 0.3 is 0 Å². The lowest BCUT2D eigenvalue weighted by Gasteiger charge is -2.36. The highest BCUT2D eigenvalue weighted by Gasteiger charge is 2.30. The molecule has 1 amide bonds. The summed E-state index contributed by atoms with van der Waals surface area (Å²) >= 11 is 1.51. The van der Waals surface area contributed by atoms with Crippen LogP contribution >= 0.6 is 11.8 Å². The van der Waals surface area contributed by atoms with E-state index in [-0.39, 0.29) is 5.91 Å². The number of likely N-dealkylation sites (tertiary alicyclic amines) is 1. The highest BCUT2D eigenvalue weighted by molar-refractivity contribution is 8.00. The number of nitrogens with zero attached hydrogens (tertiary/aromatic N) is 1. The summed E-state index contributed by atoms with van der Waals surface area (Å²) in [6, 6.07) is 7.67. The Morgan fingerprint density at radius 2 is 2.15 bits per heavy atom. The summed E-state index contributed by atoms with van der Waals surface area (Å²) < 4.78 is 5.10. The molecule has 20 heavy (non-hydrogen) atoms. The van der Waals surface area contributed by atoms with Crippen molar-refractivity contribution in [3.05, 3.63) is 24.3 Å². The number of piperidine rings is 1. The fraction of sp³-hybridized carbons (Fsp3) is 0.533. The highest BCUT2D eigenvalue weighted by Crippen LogP contribution is 2.24. The van der Waals surface area contributed by atoms with Gasteiger partial charge in [-0.05, 0) is 44.0 Å². The largest absolute Gasteiger partial charge is 0.497 e. The van der Waals surface area contributed by atoms with Gasteiger partial charge in [-0.3, -0.25) is 4.79 Å². The molecule has 1 aliphatic heterocycles. The quantitative estimate of drug-likeness (QED) is 0.865. The van der Waals surface area contributed by atoms with Crippen LogP contribution in [0.2, 0.25) is 0 Å². The maximum atomic E-state index is 12.2. The van der Waals surface area contributed by atoms with Gasteiger partial charge in [0, 0.05) is 18.0 Å². The number of ether oxygens (including phenoxy) is 1. The lowest BCUT2D eigenvalue weighted by Crippen LogP contribution is -2.49. The van der Waals surface area contributed by atoms with Crippen LogP contribution < -0.4 is 4.74 Å². The Hall–Kier alpha value is -1.20.